The van der Waals surface area contributed by atoms with Crippen molar-refractivity contribution in [3.8, 4) is 11.5 Å². The van der Waals surface area contributed by atoms with Gasteiger partial charge in [-0.15, -0.1) is 0 Å². The van der Waals surface area contributed by atoms with Crippen LogP contribution in [0, 0.1) is 17.0 Å². The highest BCUT2D eigenvalue weighted by Crippen LogP contribution is 2.36. The van der Waals surface area contributed by atoms with Gasteiger partial charge in [-0.3, -0.25) is 10.1 Å². The number of aryl methyl sites for hydroxylation is 1. The minimum atomic E-state index is -1.39. The molecule has 108 valence electrons. The number of halogens is 1. The van der Waals surface area contributed by atoms with Gasteiger partial charge in [-0.05, 0) is 36.8 Å². The fraction of sp³-hybridized carbons (Fsp3) is 0.0714. The first kappa shape index (κ1) is 14.8. The molecule has 0 aliphatic carbocycles. The Labute approximate surface area is 124 Å². The third-order valence-corrected chi connectivity index (χ3v) is 3.02. The summed E-state index contributed by atoms with van der Waals surface area (Å²) in [6.45, 7) is 1.75. The van der Waals surface area contributed by atoms with E-state index >= 15 is 0 Å². The van der Waals surface area contributed by atoms with E-state index in [1.807, 2.05) is 0 Å². The van der Waals surface area contributed by atoms with Crippen LogP contribution in [0.3, 0.4) is 0 Å². The van der Waals surface area contributed by atoms with Crippen LogP contribution in [0.1, 0.15) is 15.9 Å². The molecule has 2 aromatic rings. The lowest BCUT2D eigenvalue weighted by molar-refractivity contribution is -0.386. The van der Waals surface area contributed by atoms with E-state index in [0.29, 0.717) is 10.8 Å². The predicted molar refractivity (Wildman–Crippen MR) is 76.3 cm³/mol. The number of ether oxygens (including phenoxy) is 1. The van der Waals surface area contributed by atoms with Gasteiger partial charge < -0.3 is 9.84 Å². The Hall–Kier alpha value is -2.60. The highest BCUT2D eigenvalue weighted by molar-refractivity contribution is 6.30. The Morgan fingerprint density at radius 3 is 2.62 bits per heavy atom. The molecule has 0 aromatic heterocycles. The van der Waals surface area contributed by atoms with Crippen molar-refractivity contribution in [1.29, 1.82) is 0 Å². The molecule has 7 heteroatoms. The Morgan fingerprint density at radius 1 is 1.29 bits per heavy atom. The van der Waals surface area contributed by atoms with Gasteiger partial charge in [-0.25, -0.2) is 4.79 Å². The van der Waals surface area contributed by atoms with Gasteiger partial charge >= 0.3 is 11.7 Å². The Bertz CT molecular complexity index is 729. The van der Waals surface area contributed by atoms with Gasteiger partial charge in [-0.2, -0.15) is 0 Å². The SMILES string of the molecule is Cc1ccc(Cl)cc1Oc1cccc(C(=O)O)c1[N+](=O)[O-]. The first-order valence-corrected chi connectivity index (χ1v) is 6.22. The van der Waals surface area contributed by atoms with Gasteiger partial charge in [-0.1, -0.05) is 23.7 Å². The molecule has 2 aromatic carbocycles. The average molecular weight is 308 g/mol. The number of nitrogens with zero attached hydrogens (tertiary/aromatic N) is 1. The molecule has 0 heterocycles. The number of benzene rings is 2. The number of rotatable bonds is 4. The Balaban J connectivity index is 2.54. The molecule has 6 nitrogen and oxygen atoms in total. The van der Waals surface area contributed by atoms with Crippen LogP contribution in [0.4, 0.5) is 5.69 Å². The second-order valence-electron chi connectivity index (χ2n) is 4.23. The average Bonchev–Trinajstić information content (AvgIpc) is 2.42. The van der Waals surface area contributed by atoms with Crippen molar-refractivity contribution >= 4 is 23.3 Å². The third kappa shape index (κ3) is 3.11. The summed E-state index contributed by atoms with van der Waals surface area (Å²) in [5.41, 5.74) is -0.309. The Morgan fingerprint density at radius 2 is 2.00 bits per heavy atom. The molecular weight excluding hydrogens is 298 g/mol. The first-order valence-electron chi connectivity index (χ1n) is 5.85. The van der Waals surface area contributed by atoms with Crippen molar-refractivity contribution in [2.45, 2.75) is 6.92 Å². The maximum atomic E-state index is 11.1. The second kappa shape index (κ2) is 5.80. The quantitative estimate of drug-likeness (QED) is 0.680. The van der Waals surface area contributed by atoms with E-state index in [1.165, 1.54) is 18.2 Å². The molecule has 0 saturated heterocycles. The number of nitro groups is 1. The maximum Gasteiger partial charge on any atom is 0.342 e. The lowest BCUT2D eigenvalue weighted by Crippen LogP contribution is -2.04. The van der Waals surface area contributed by atoms with Crippen molar-refractivity contribution in [3.63, 3.8) is 0 Å². The topological polar surface area (TPSA) is 89.7 Å². The van der Waals surface area contributed by atoms with Crippen molar-refractivity contribution in [3.05, 3.63) is 62.7 Å². The molecule has 0 bridgehead atoms. The predicted octanol–water partition coefficient (Wildman–Crippen LogP) is 4.05. The molecule has 0 amide bonds. The molecule has 0 unspecified atom stereocenters. The number of carboxylic acids is 1. The normalized spacial score (nSPS) is 10.2. The summed E-state index contributed by atoms with van der Waals surface area (Å²) in [7, 11) is 0. The van der Waals surface area contributed by atoms with Gasteiger partial charge in [0.2, 0.25) is 5.75 Å². The molecule has 0 saturated carbocycles. The largest absolute Gasteiger partial charge is 0.477 e. The van der Waals surface area contributed by atoms with E-state index in [2.05, 4.69) is 0 Å². The molecule has 0 aliphatic heterocycles. The van der Waals surface area contributed by atoms with Crippen LogP contribution >= 0.6 is 11.6 Å². The summed E-state index contributed by atoms with van der Waals surface area (Å²) >= 11 is 5.86. The lowest BCUT2D eigenvalue weighted by Gasteiger charge is -2.10. The van der Waals surface area contributed by atoms with Crippen LogP contribution in [-0.4, -0.2) is 16.0 Å². The summed E-state index contributed by atoms with van der Waals surface area (Å²) in [6.07, 6.45) is 0. The van der Waals surface area contributed by atoms with Crippen molar-refractivity contribution in [2.24, 2.45) is 0 Å². The minimum Gasteiger partial charge on any atom is -0.477 e. The summed E-state index contributed by atoms with van der Waals surface area (Å²) in [5, 5.41) is 20.6. The number of nitro benzene ring substituents is 1. The van der Waals surface area contributed by atoms with Crippen molar-refractivity contribution in [2.75, 3.05) is 0 Å². The molecule has 0 atom stereocenters. The monoisotopic (exact) mass is 307 g/mol. The minimum absolute atomic E-state index is 0.148. The second-order valence-corrected chi connectivity index (χ2v) is 4.66. The highest BCUT2D eigenvalue weighted by Gasteiger charge is 2.26. The summed E-state index contributed by atoms with van der Waals surface area (Å²) in [4.78, 5) is 21.4. The van der Waals surface area contributed by atoms with Crippen LogP contribution in [0.25, 0.3) is 0 Å². The van der Waals surface area contributed by atoms with Gasteiger partial charge in [0.25, 0.3) is 0 Å². The van der Waals surface area contributed by atoms with Crippen molar-refractivity contribution < 1.29 is 19.6 Å². The summed E-state index contributed by atoms with van der Waals surface area (Å²) in [5.74, 6) is -1.21. The van der Waals surface area contributed by atoms with E-state index < -0.39 is 22.1 Å². The number of carboxylic acid groups (broad SMARTS) is 1. The lowest BCUT2D eigenvalue weighted by atomic mass is 10.1. The molecule has 1 N–H and O–H groups in total. The molecule has 0 fully saturated rings. The molecule has 21 heavy (non-hydrogen) atoms. The van der Waals surface area contributed by atoms with Gasteiger partial charge in [0, 0.05) is 5.02 Å². The molecule has 0 spiro atoms. The van der Waals surface area contributed by atoms with E-state index in [4.69, 9.17) is 21.4 Å². The van der Waals surface area contributed by atoms with Gasteiger partial charge in [0.15, 0.2) is 0 Å². The summed E-state index contributed by atoms with van der Waals surface area (Å²) < 4.78 is 5.48. The smallest absolute Gasteiger partial charge is 0.342 e. The van der Waals surface area contributed by atoms with E-state index in [1.54, 1.807) is 19.1 Å². The fourth-order valence-electron chi connectivity index (χ4n) is 1.77. The number of carbonyl (C=O) groups is 1. The number of hydrogen-bond acceptors (Lipinski definition) is 4. The number of hydrogen-bond donors (Lipinski definition) is 1. The standard InChI is InChI=1S/C14H10ClNO5/c1-8-5-6-9(15)7-12(8)21-11-4-2-3-10(14(17)18)13(11)16(19)20/h2-7H,1H3,(H,17,18). The van der Waals surface area contributed by atoms with Crippen LogP contribution < -0.4 is 4.74 Å². The molecule has 2 rings (SSSR count). The summed E-state index contributed by atoms with van der Waals surface area (Å²) in [6, 6.07) is 8.74. The zero-order chi connectivity index (χ0) is 15.6. The third-order valence-electron chi connectivity index (χ3n) is 2.78. The fourth-order valence-corrected chi connectivity index (χ4v) is 1.93. The van der Waals surface area contributed by atoms with Crippen LogP contribution in [0.2, 0.25) is 5.02 Å². The van der Waals surface area contributed by atoms with E-state index in [-0.39, 0.29) is 5.75 Å². The maximum absolute atomic E-state index is 11.1. The highest BCUT2D eigenvalue weighted by atomic mass is 35.5. The number of aromatic carboxylic acids is 1. The van der Waals surface area contributed by atoms with E-state index in [9.17, 15) is 14.9 Å². The molecular formula is C14H10ClNO5. The van der Waals surface area contributed by atoms with Crippen LogP contribution in [0.5, 0.6) is 11.5 Å². The Kier molecular flexibility index (Phi) is 4.09. The first-order chi connectivity index (χ1) is 9.90. The van der Waals surface area contributed by atoms with E-state index in [0.717, 1.165) is 11.6 Å². The number of para-hydroxylation sites is 1. The van der Waals surface area contributed by atoms with Gasteiger partial charge in [0.05, 0.1) is 4.92 Å². The van der Waals surface area contributed by atoms with Gasteiger partial charge in [0.1, 0.15) is 11.3 Å². The molecule has 0 radical (unpaired) electrons. The van der Waals surface area contributed by atoms with Crippen LogP contribution in [-0.2, 0) is 0 Å². The molecule has 0 aliphatic rings. The zero-order valence-electron chi connectivity index (χ0n) is 10.9. The zero-order valence-corrected chi connectivity index (χ0v) is 11.6. The van der Waals surface area contributed by atoms with Crippen molar-refractivity contribution in [1.82, 2.24) is 0 Å². The van der Waals surface area contributed by atoms with Crippen LogP contribution in [0.15, 0.2) is 36.4 Å².